The lowest BCUT2D eigenvalue weighted by Gasteiger charge is -2.43. The quantitative estimate of drug-likeness (QED) is 0.664. The summed E-state index contributed by atoms with van der Waals surface area (Å²) in [5.41, 5.74) is 0. The molecule has 3 saturated heterocycles. The second kappa shape index (κ2) is 3.60. The summed E-state index contributed by atoms with van der Waals surface area (Å²) in [7, 11) is 0. The van der Waals surface area contributed by atoms with Crippen LogP contribution in [0.3, 0.4) is 0 Å². The van der Waals surface area contributed by atoms with Crippen LogP contribution in [-0.2, 0) is 9.47 Å². The predicted octanol–water partition coefficient (Wildman–Crippen LogP) is 2.53. The van der Waals surface area contributed by atoms with Gasteiger partial charge >= 0.3 is 0 Å². The summed E-state index contributed by atoms with van der Waals surface area (Å²) >= 11 is 0. The van der Waals surface area contributed by atoms with E-state index >= 15 is 0 Å². The standard InChI is InChI=1S/C13H20O2/c1-3-11-8(2)13(15-11)7-9-6-10-4-5-12(9)14-10/h3,8-13H,1,4-7H2,2H3. The lowest BCUT2D eigenvalue weighted by Crippen LogP contribution is -2.47. The van der Waals surface area contributed by atoms with Gasteiger partial charge in [-0.15, -0.1) is 6.58 Å². The van der Waals surface area contributed by atoms with Crippen LogP contribution in [0, 0.1) is 11.8 Å². The third-order valence-electron chi connectivity index (χ3n) is 4.44. The molecular weight excluding hydrogens is 188 g/mol. The minimum atomic E-state index is 0.300. The van der Waals surface area contributed by atoms with Crippen LogP contribution in [0.4, 0.5) is 0 Å². The van der Waals surface area contributed by atoms with Crippen LogP contribution in [0.15, 0.2) is 12.7 Å². The summed E-state index contributed by atoms with van der Waals surface area (Å²) in [5, 5.41) is 0. The van der Waals surface area contributed by atoms with Crippen LogP contribution in [0.2, 0.25) is 0 Å². The van der Waals surface area contributed by atoms with Gasteiger partial charge in [0.25, 0.3) is 0 Å². The first-order valence-electron chi connectivity index (χ1n) is 6.21. The lowest BCUT2D eigenvalue weighted by atomic mass is 9.79. The fourth-order valence-electron chi connectivity index (χ4n) is 3.40. The Morgan fingerprint density at radius 1 is 1.33 bits per heavy atom. The average Bonchev–Trinajstić information content (AvgIpc) is 2.84. The van der Waals surface area contributed by atoms with Crippen molar-refractivity contribution in [3.8, 4) is 0 Å². The molecule has 0 aromatic carbocycles. The highest BCUT2D eigenvalue weighted by atomic mass is 16.5. The van der Waals surface area contributed by atoms with E-state index in [-0.39, 0.29) is 0 Å². The van der Waals surface area contributed by atoms with Gasteiger partial charge in [0.15, 0.2) is 0 Å². The molecule has 3 aliphatic rings. The van der Waals surface area contributed by atoms with Crippen molar-refractivity contribution in [1.29, 1.82) is 0 Å². The highest BCUT2D eigenvalue weighted by molar-refractivity contribution is 4.99. The molecule has 0 N–H and O–H groups in total. The Morgan fingerprint density at radius 2 is 2.20 bits per heavy atom. The molecule has 3 fully saturated rings. The summed E-state index contributed by atoms with van der Waals surface area (Å²) < 4.78 is 11.7. The van der Waals surface area contributed by atoms with Crippen molar-refractivity contribution in [3.05, 3.63) is 12.7 Å². The first-order chi connectivity index (χ1) is 7.28. The van der Waals surface area contributed by atoms with Crippen molar-refractivity contribution in [2.45, 2.75) is 57.0 Å². The van der Waals surface area contributed by atoms with Crippen molar-refractivity contribution >= 4 is 0 Å². The van der Waals surface area contributed by atoms with Crippen molar-refractivity contribution in [1.82, 2.24) is 0 Å². The van der Waals surface area contributed by atoms with E-state index in [9.17, 15) is 0 Å². The number of ether oxygens (including phenoxy) is 2. The summed E-state index contributed by atoms with van der Waals surface area (Å²) in [5.74, 6) is 1.42. The Morgan fingerprint density at radius 3 is 2.73 bits per heavy atom. The highest BCUT2D eigenvalue weighted by Gasteiger charge is 2.45. The van der Waals surface area contributed by atoms with E-state index in [1.807, 2.05) is 6.08 Å². The molecule has 2 nitrogen and oxygen atoms in total. The summed E-state index contributed by atoms with van der Waals surface area (Å²) in [6, 6.07) is 0. The molecule has 0 saturated carbocycles. The zero-order valence-electron chi connectivity index (χ0n) is 9.39. The van der Waals surface area contributed by atoms with Gasteiger partial charge in [0, 0.05) is 5.92 Å². The first-order valence-corrected chi connectivity index (χ1v) is 6.21. The van der Waals surface area contributed by atoms with Gasteiger partial charge < -0.3 is 9.47 Å². The Hall–Kier alpha value is -0.340. The Labute approximate surface area is 91.6 Å². The molecule has 2 bridgehead atoms. The first kappa shape index (κ1) is 9.86. The summed E-state index contributed by atoms with van der Waals surface area (Å²) in [6.45, 7) is 6.06. The van der Waals surface area contributed by atoms with Crippen molar-refractivity contribution in [3.63, 3.8) is 0 Å². The summed E-state index contributed by atoms with van der Waals surface area (Å²) in [6.07, 6.45) is 8.86. The fourth-order valence-corrected chi connectivity index (χ4v) is 3.40. The highest BCUT2D eigenvalue weighted by Crippen LogP contribution is 2.44. The minimum Gasteiger partial charge on any atom is -0.375 e. The topological polar surface area (TPSA) is 18.5 Å². The molecule has 2 heteroatoms. The van der Waals surface area contributed by atoms with Gasteiger partial charge in [0.05, 0.1) is 24.4 Å². The van der Waals surface area contributed by atoms with Crippen LogP contribution in [0.1, 0.15) is 32.6 Å². The molecule has 0 aliphatic carbocycles. The molecule has 0 aromatic rings. The van der Waals surface area contributed by atoms with E-state index in [0.29, 0.717) is 30.3 Å². The molecule has 0 radical (unpaired) electrons. The van der Waals surface area contributed by atoms with E-state index in [0.717, 1.165) is 5.92 Å². The minimum absolute atomic E-state index is 0.300. The Balaban J connectivity index is 1.53. The van der Waals surface area contributed by atoms with Crippen molar-refractivity contribution in [2.75, 3.05) is 0 Å². The monoisotopic (exact) mass is 208 g/mol. The zero-order valence-corrected chi connectivity index (χ0v) is 9.39. The van der Waals surface area contributed by atoms with Gasteiger partial charge in [-0.2, -0.15) is 0 Å². The number of hydrogen-bond donors (Lipinski definition) is 0. The van der Waals surface area contributed by atoms with Gasteiger partial charge in [0.1, 0.15) is 0 Å². The van der Waals surface area contributed by atoms with Crippen molar-refractivity contribution in [2.24, 2.45) is 11.8 Å². The maximum Gasteiger partial charge on any atom is 0.0807 e. The molecular formula is C13H20O2. The number of hydrogen-bond acceptors (Lipinski definition) is 2. The normalized spacial score (nSPS) is 52.9. The van der Waals surface area contributed by atoms with E-state index in [2.05, 4.69) is 13.5 Å². The predicted molar refractivity (Wildman–Crippen MR) is 58.6 cm³/mol. The maximum absolute atomic E-state index is 5.87. The smallest absolute Gasteiger partial charge is 0.0807 e. The maximum atomic E-state index is 5.87. The van der Waals surface area contributed by atoms with Gasteiger partial charge in [0.2, 0.25) is 0 Å². The largest absolute Gasteiger partial charge is 0.375 e. The van der Waals surface area contributed by atoms with Gasteiger partial charge in [-0.1, -0.05) is 13.0 Å². The average molecular weight is 208 g/mol. The van der Waals surface area contributed by atoms with Gasteiger partial charge in [-0.3, -0.25) is 0 Å². The molecule has 3 aliphatic heterocycles. The molecule has 84 valence electrons. The molecule has 0 spiro atoms. The third kappa shape index (κ3) is 1.55. The molecule has 0 amide bonds. The Kier molecular flexibility index (Phi) is 2.37. The third-order valence-corrected chi connectivity index (χ3v) is 4.44. The van der Waals surface area contributed by atoms with E-state index in [1.54, 1.807) is 0 Å². The van der Waals surface area contributed by atoms with E-state index in [4.69, 9.17) is 9.47 Å². The van der Waals surface area contributed by atoms with Crippen LogP contribution in [0.25, 0.3) is 0 Å². The van der Waals surface area contributed by atoms with E-state index < -0.39 is 0 Å². The Bertz CT molecular complexity index is 263. The lowest BCUT2D eigenvalue weighted by molar-refractivity contribution is -0.161. The SMILES string of the molecule is C=CC1OC(CC2CC3CCC2O3)C1C. The van der Waals surface area contributed by atoms with Crippen molar-refractivity contribution < 1.29 is 9.47 Å². The number of fused-ring (bicyclic) bond motifs is 2. The van der Waals surface area contributed by atoms with Gasteiger partial charge in [-0.05, 0) is 31.6 Å². The zero-order chi connectivity index (χ0) is 10.4. The van der Waals surface area contributed by atoms with Crippen LogP contribution in [-0.4, -0.2) is 24.4 Å². The molecule has 6 unspecified atom stereocenters. The second-order valence-electron chi connectivity index (χ2n) is 5.34. The number of rotatable bonds is 3. The molecule has 3 heterocycles. The fraction of sp³-hybridized carbons (Fsp3) is 0.846. The molecule has 6 atom stereocenters. The van der Waals surface area contributed by atoms with Crippen LogP contribution in [0.5, 0.6) is 0 Å². The molecule has 15 heavy (non-hydrogen) atoms. The summed E-state index contributed by atoms with van der Waals surface area (Å²) in [4.78, 5) is 0. The van der Waals surface area contributed by atoms with Crippen LogP contribution >= 0.6 is 0 Å². The van der Waals surface area contributed by atoms with Crippen LogP contribution < -0.4 is 0 Å². The molecule has 0 aromatic heterocycles. The molecule has 3 rings (SSSR count). The second-order valence-corrected chi connectivity index (χ2v) is 5.34. The van der Waals surface area contributed by atoms with Gasteiger partial charge in [-0.25, -0.2) is 0 Å². The van der Waals surface area contributed by atoms with E-state index in [1.165, 1.54) is 25.7 Å².